The van der Waals surface area contributed by atoms with Gasteiger partial charge in [0.05, 0.1) is 6.04 Å². The highest BCUT2D eigenvalue weighted by molar-refractivity contribution is 5.81. The monoisotopic (exact) mass is 250 g/mol. The van der Waals surface area contributed by atoms with E-state index in [0.717, 1.165) is 30.6 Å². The second kappa shape index (κ2) is 5.48. The van der Waals surface area contributed by atoms with Crippen LogP contribution >= 0.6 is 0 Å². The van der Waals surface area contributed by atoms with Crippen molar-refractivity contribution in [1.29, 1.82) is 0 Å². The fraction of sp³-hybridized carbons (Fsp3) is 0.500. The fourth-order valence-electron chi connectivity index (χ4n) is 2.26. The SMILES string of the molecule is Cc1cc(F)ccc1CN1CCCNC(C)C1=O. The normalized spacial score (nSPS) is 20.9. The summed E-state index contributed by atoms with van der Waals surface area (Å²) in [6.45, 7) is 5.95. The highest BCUT2D eigenvalue weighted by atomic mass is 19.1. The van der Waals surface area contributed by atoms with Crippen LogP contribution in [0.1, 0.15) is 24.5 Å². The third-order valence-corrected chi connectivity index (χ3v) is 3.40. The lowest BCUT2D eigenvalue weighted by Gasteiger charge is -2.23. The molecule has 1 atom stereocenters. The number of benzene rings is 1. The molecule has 1 saturated heterocycles. The summed E-state index contributed by atoms with van der Waals surface area (Å²) in [5, 5.41) is 3.18. The van der Waals surface area contributed by atoms with Crippen molar-refractivity contribution in [2.45, 2.75) is 32.9 Å². The van der Waals surface area contributed by atoms with Crippen LogP contribution in [0.5, 0.6) is 0 Å². The maximum Gasteiger partial charge on any atom is 0.239 e. The zero-order chi connectivity index (χ0) is 13.1. The summed E-state index contributed by atoms with van der Waals surface area (Å²) < 4.78 is 13.0. The van der Waals surface area contributed by atoms with E-state index in [-0.39, 0.29) is 17.8 Å². The summed E-state index contributed by atoms with van der Waals surface area (Å²) in [7, 11) is 0. The van der Waals surface area contributed by atoms with Gasteiger partial charge in [0.25, 0.3) is 0 Å². The molecule has 18 heavy (non-hydrogen) atoms. The quantitative estimate of drug-likeness (QED) is 0.868. The minimum atomic E-state index is -0.228. The summed E-state index contributed by atoms with van der Waals surface area (Å²) in [4.78, 5) is 14.0. The molecule has 3 nitrogen and oxygen atoms in total. The first-order chi connectivity index (χ1) is 8.58. The van der Waals surface area contributed by atoms with E-state index in [1.165, 1.54) is 12.1 Å². The third kappa shape index (κ3) is 2.88. The van der Waals surface area contributed by atoms with E-state index in [0.29, 0.717) is 6.54 Å². The van der Waals surface area contributed by atoms with Crippen LogP contribution in [0, 0.1) is 12.7 Å². The van der Waals surface area contributed by atoms with E-state index in [1.54, 1.807) is 6.07 Å². The Morgan fingerprint density at radius 3 is 3.00 bits per heavy atom. The lowest BCUT2D eigenvalue weighted by atomic mass is 10.1. The van der Waals surface area contributed by atoms with Gasteiger partial charge in [-0.2, -0.15) is 0 Å². The first kappa shape index (κ1) is 13.0. The van der Waals surface area contributed by atoms with Gasteiger partial charge in [-0.25, -0.2) is 4.39 Å². The first-order valence-electron chi connectivity index (χ1n) is 6.35. The van der Waals surface area contributed by atoms with Crippen LogP contribution in [0.2, 0.25) is 0 Å². The molecule has 0 radical (unpaired) electrons. The van der Waals surface area contributed by atoms with Gasteiger partial charge in [-0.3, -0.25) is 4.79 Å². The summed E-state index contributed by atoms with van der Waals surface area (Å²) in [5.41, 5.74) is 1.91. The molecule has 1 aromatic carbocycles. The second-order valence-corrected chi connectivity index (χ2v) is 4.86. The summed E-state index contributed by atoms with van der Waals surface area (Å²) >= 11 is 0. The number of hydrogen-bond acceptors (Lipinski definition) is 2. The molecule has 98 valence electrons. The molecule has 1 aliphatic heterocycles. The van der Waals surface area contributed by atoms with Crippen LogP contribution in [-0.4, -0.2) is 29.9 Å². The molecule has 0 aromatic heterocycles. The number of halogens is 1. The van der Waals surface area contributed by atoms with Crippen molar-refractivity contribution in [1.82, 2.24) is 10.2 Å². The maximum absolute atomic E-state index is 13.0. The van der Waals surface area contributed by atoms with Crippen molar-refractivity contribution >= 4 is 5.91 Å². The molecule has 0 saturated carbocycles. The van der Waals surface area contributed by atoms with E-state index in [1.807, 2.05) is 18.7 Å². The van der Waals surface area contributed by atoms with Crippen LogP contribution in [0.4, 0.5) is 4.39 Å². The molecule has 0 bridgehead atoms. The van der Waals surface area contributed by atoms with Crippen LogP contribution in [0.15, 0.2) is 18.2 Å². The first-order valence-corrected chi connectivity index (χ1v) is 6.35. The minimum absolute atomic E-state index is 0.122. The van der Waals surface area contributed by atoms with Gasteiger partial charge >= 0.3 is 0 Å². The highest BCUT2D eigenvalue weighted by Crippen LogP contribution is 2.14. The van der Waals surface area contributed by atoms with Gasteiger partial charge in [0.1, 0.15) is 5.82 Å². The molecule has 1 fully saturated rings. The van der Waals surface area contributed by atoms with Crippen LogP contribution in [0.3, 0.4) is 0 Å². The number of rotatable bonds is 2. The van der Waals surface area contributed by atoms with E-state index < -0.39 is 0 Å². The molecule has 1 heterocycles. The molecule has 1 N–H and O–H groups in total. The predicted octanol–water partition coefficient (Wildman–Crippen LogP) is 1.84. The Morgan fingerprint density at radius 1 is 1.50 bits per heavy atom. The number of hydrogen-bond donors (Lipinski definition) is 1. The average molecular weight is 250 g/mol. The highest BCUT2D eigenvalue weighted by Gasteiger charge is 2.23. The molecule has 1 unspecified atom stereocenters. The Kier molecular flexibility index (Phi) is 3.97. The molecule has 0 aliphatic carbocycles. The number of carbonyl (C=O) groups excluding carboxylic acids is 1. The lowest BCUT2D eigenvalue weighted by molar-refractivity contribution is -0.132. The number of nitrogens with one attached hydrogen (secondary N) is 1. The van der Waals surface area contributed by atoms with Gasteiger partial charge in [0.15, 0.2) is 0 Å². The van der Waals surface area contributed by atoms with Crippen molar-refractivity contribution in [3.05, 3.63) is 35.1 Å². The van der Waals surface area contributed by atoms with Crippen LogP contribution in [0.25, 0.3) is 0 Å². The number of aryl methyl sites for hydroxylation is 1. The Morgan fingerprint density at radius 2 is 2.28 bits per heavy atom. The maximum atomic E-state index is 13.0. The van der Waals surface area contributed by atoms with Gasteiger partial charge < -0.3 is 10.2 Å². The van der Waals surface area contributed by atoms with Crippen molar-refractivity contribution in [2.24, 2.45) is 0 Å². The van der Waals surface area contributed by atoms with Crippen molar-refractivity contribution in [3.63, 3.8) is 0 Å². The summed E-state index contributed by atoms with van der Waals surface area (Å²) in [6, 6.07) is 4.60. The largest absolute Gasteiger partial charge is 0.337 e. The van der Waals surface area contributed by atoms with E-state index in [9.17, 15) is 9.18 Å². The molecular weight excluding hydrogens is 231 g/mol. The van der Waals surface area contributed by atoms with E-state index in [2.05, 4.69) is 5.32 Å². The smallest absolute Gasteiger partial charge is 0.239 e. The molecule has 4 heteroatoms. The Bertz CT molecular complexity index is 447. The second-order valence-electron chi connectivity index (χ2n) is 4.86. The summed E-state index contributed by atoms with van der Waals surface area (Å²) in [6.07, 6.45) is 0.955. The predicted molar refractivity (Wildman–Crippen MR) is 68.6 cm³/mol. The minimum Gasteiger partial charge on any atom is -0.337 e. The van der Waals surface area contributed by atoms with Crippen LogP contribution < -0.4 is 5.32 Å². The van der Waals surface area contributed by atoms with Crippen LogP contribution in [-0.2, 0) is 11.3 Å². The molecule has 1 aromatic rings. The zero-order valence-corrected chi connectivity index (χ0v) is 10.9. The average Bonchev–Trinajstić information content (AvgIpc) is 2.48. The molecule has 1 amide bonds. The zero-order valence-electron chi connectivity index (χ0n) is 10.9. The van der Waals surface area contributed by atoms with Crippen molar-refractivity contribution < 1.29 is 9.18 Å². The standard InChI is InChI=1S/C14H19FN2O/c1-10-8-13(15)5-4-12(10)9-17-7-3-6-16-11(2)14(17)18/h4-5,8,11,16H,3,6-7,9H2,1-2H3. The van der Waals surface area contributed by atoms with Gasteiger partial charge in [-0.15, -0.1) is 0 Å². The van der Waals surface area contributed by atoms with Gasteiger partial charge in [-0.05, 0) is 50.1 Å². The Hall–Kier alpha value is -1.42. The van der Waals surface area contributed by atoms with Gasteiger partial charge in [0, 0.05) is 13.1 Å². The van der Waals surface area contributed by atoms with E-state index in [4.69, 9.17) is 0 Å². The topological polar surface area (TPSA) is 32.3 Å². The number of carbonyl (C=O) groups is 1. The Labute approximate surface area is 107 Å². The molecule has 1 aliphatic rings. The van der Waals surface area contributed by atoms with Crippen molar-refractivity contribution in [3.8, 4) is 0 Å². The molecule has 0 spiro atoms. The lowest BCUT2D eigenvalue weighted by Crippen LogP contribution is -2.41. The van der Waals surface area contributed by atoms with Gasteiger partial charge in [-0.1, -0.05) is 6.07 Å². The molecule has 2 rings (SSSR count). The number of amides is 1. The molecular formula is C14H19FN2O. The van der Waals surface area contributed by atoms with Gasteiger partial charge in [0.2, 0.25) is 5.91 Å². The number of nitrogens with zero attached hydrogens (tertiary/aromatic N) is 1. The fourth-order valence-corrected chi connectivity index (χ4v) is 2.26. The third-order valence-electron chi connectivity index (χ3n) is 3.40. The summed E-state index contributed by atoms with van der Waals surface area (Å²) in [5.74, 6) is -0.107. The Balaban J connectivity index is 2.14. The van der Waals surface area contributed by atoms with Crippen molar-refractivity contribution in [2.75, 3.05) is 13.1 Å². The van der Waals surface area contributed by atoms with E-state index >= 15 is 0 Å².